The van der Waals surface area contributed by atoms with Crippen LogP contribution in [0.25, 0.3) is 5.69 Å². The van der Waals surface area contributed by atoms with Gasteiger partial charge in [0.05, 0.1) is 24.4 Å². The number of nitrogens with zero attached hydrogens (tertiary/aromatic N) is 2. The quantitative estimate of drug-likeness (QED) is 0.829. The minimum atomic E-state index is -0.698. The molecule has 0 saturated carbocycles. The molecular formula is C16H19ClN4O3. The average Bonchev–Trinajstić information content (AvgIpc) is 2.82. The highest BCUT2D eigenvalue weighted by Gasteiger charge is 2.16. The van der Waals surface area contributed by atoms with Crippen molar-refractivity contribution in [2.24, 2.45) is 0 Å². The van der Waals surface area contributed by atoms with Crippen LogP contribution in [0.1, 0.15) is 23.9 Å². The van der Waals surface area contributed by atoms with Crippen LogP contribution in [0.4, 0.5) is 4.79 Å². The second-order valence-corrected chi connectivity index (χ2v) is 5.54. The van der Waals surface area contributed by atoms with E-state index in [1.807, 2.05) is 26.0 Å². The van der Waals surface area contributed by atoms with Crippen molar-refractivity contribution in [1.82, 2.24) is 20.6 Å². The summed E-state index contributed by atoms with van der Waals surface area (Å²) in [5, 5.41) is 5.11. The van der Waals surface area contributed by atoms with E-state index in [1.165, 1.54) is 0 Å². The molecule has 1 heterocycles. The highest BCUT2D eigenvalue weighted by molar-refractivity contribution is 6.30. The van der Waals surface area contributed by atoms with Crippen molar-refractivity contribution >= 4 is 23.6 Å². The Hall–Kier alpha value is -2.54. The summed E-state index contributed by atoms with van der Waals surface area (Å²) in [4.78, 5) is 23.2. The molecule has 1 aromatic carbocycles. The summed E-state index contributed by atoms with van der Waals surface area (Å²) in [6.45, 7) is 5.63. The van der Waals surface area contributed by atoms with Crippen molar-refractivity contribution in [2.75, 3.05) is 6.61 Å². The third kappa shape index (κ3) is 4.26. The molecule has 1 aromatic heterocycles. The van der Waals surface area contributed by atoms with Crippen molar-refractivity contribution in [3.63, 3.8) is 0 Å². The van der Waals surface area contributed by atoms with Crippen molar-refractivity contribution in [3.05, 3.63) is 46.2 Å². The van der Waals surface area contributed by atoms with Crippen LogP contribution in [0.15, 0.2) is 24.3 Å². The average molecular weight is 351 g/mol. The second-order valence-electron chi connectivity index (χ2n) is 5.11. The fourth-order valence-corrected chi connectivity index (χ4v) is 2.38. The van der Waals surface area contributed by atoms with Gasteiger partial charge < -0.3 is 4.74 Å². The molecule has 0 spiro atoms. The lowest BCUT2D eigenvalue weighted by atomic mass is 10.1. The summed E-state index contributed by atoms with van der Waals surface area (Å²) in [5.74, 6) is -0.357. The molecule has 8 heteroatoms. The maximum absolute atomic E-state index is 12.0. The van der Waals surface area contributed by atoms with E-state index in [-0.39, 0.29) is 18.9 Å². The van der Waals surface area contributed by atoms with E-state index < -0.39 is 6.09 Å². The molecule has 2 amide bonds. The predicted molar refractivity (Wildman–Crippen MR) is 90.1 cm³/mol. The van der Waals surface area contributed by atoms with Crippen molar-refractivity contribution < 1.29 is 14.3 Å². The Balaban J connectivity index is 2.10. The standard InChI is InChI=1S/C16H19ClN4O3/c1-4-24-16(23)19-18-15(22)9-14-10(2)20-21(11(14)3)13-7-5-12(17)6-8-13/h5-8H,4,9H2,1-3H3,(H,18,22)(H,19,23). The zero-order valence-corrected chi connectivity index (χ0v) is 14.5. The van der Waals surface area contributed by atoms with Crippen LogP contribution >= 0.6 is 11.6 Å². The van der Waals surface area contributed by atoms with Gasteiger partial charge in [0.2, 0.25) is 5.91 Å². The zero-order valence-electron chi connectivity index (χ0n) is 13.7. The van der Waals surface area contributed by atoms with Crippen molar-refractivity contribution in [3.8, 4) is 5.69 Å². The number of halogens is 1. The van der Waals surface area contributed by atoms with Crippen molar-refractivity contribution in [2.45, 2.75) is 27.2 Å². The molecule has 0 aliphatic carbocycles. The molecule has 24 heavy (non-hydrogen) atoms. The van der Waals surface area contributed by atoms with E-state index in [2.05, 4.69) is 20.7 Å². The molecule has 7 nitrogen and oxygen atoms in total. The number of carbonyl (C=O) groups excluding carboxylic acids is 2. The van der Waals surface area contributed by atoms with Crippen LogP contribution in [-0.4, -0.2) is 28.4 Å². The van der Waals surface area contributed by atoms with Crippen LogP contribution in [0.5, 0.6) is 0 Å². The first-order valence-corrected chi connectivity index (χ1v) is 7.82. The van der Waals surface area contributed by atoms with Gasteiger partial charge in [0.1, 0.15) is 0 Å². The Labute approximate surface area is 144 Å². The predicted octanol–water partition coefficient (Wildman–Crippen LogP) is 2.46. The molecule has 0 saturated heterocycles. The summed E-state index contributed by atoms with van der Waals surface area (Å²) in [7, 11) is 0. The first-order chi connectivity index (χ1) is 11.4. The highest BCUT2D eigenvalue weighted by Crippen LogP contribution is 2.20. The number of benzene rings is 1. The summed E-state index contributed by atoms with van der Waals surface area (Å²) < 4.78 is 6.43. The molecule has 2 N–H and O–H groups in total. The molecule has 128 valence electrons. The third-order valence-corrected chi connectivity index (χ3v) is 3.68. The maximum Gasteiger partial charge on any atom is 0.426 e. The molecular weight excluding hydrogens is 332 g/mol. The number of hydrazine groups is 1. The third-order valence-electron chi connectivity index (χ3n) is 3.43. The molecule has 2 aromatic rings. The fraction of sp³-hybridized carbons (Fsp3) is 0.312. The van der Waals surface area contributed by atoms with Crippen molar-refractivity contribution in [1.29, 1.82) is 0 Å². The molecule has 0 fully saturated rings. The molecule has 0 bridgehead atoms. The topological polar surface area (TPSA) is 85.2 Å². The lowest BCUT2D eigenvalue weighted by molar-refractivity contribution is -0.121. The van der Waals surface area contributed by atoms with E-state index in [0.29, 0.717) is 5.02 Å². The van der Waals surface area contributed by atoms with E-state index in [1.54, 1.807) is 23.7 Å². The second kappa shape index (κ2) is 7.83. The first kappa shape index (κ1) is 17.8. The lowest BCUT2D eigenvalue weighted by Gasteiger charge is -2.08. The Kier molecular flexibility index (Phi) is 5.81. The number of ether oxygens (including phenoxy) is 1. The SMILES string of the molecule is CCOC(=O)NNC(=O)Cc1c(C)nn(-c2ccc(Cl)cc2)c1C. The van der Waals surface area contributed by atoms with E-state index in [9.17, 15) is 9.59 Å². The molecule has 2 rings (SSSR count). The normalized spacial score (nSPS) is 10.3. The van der Waals surface area contributed by atoms with Crippen LogP contribution in [-0.2, 0) is 16.0 Å². The molecule has 0 aliphatic heterocycles. The minimum absolute atomic E-state index is 0.0949. The van der Waals surface area contributed by atoms with Crippen LogP contribution < -0.4 is 10.9 Å². The number of aromatic nitrogens is 2. The number of aryl methyl sites for hydroxylation is 1. The highest BCUT2D eigenvalue weighted by atomic mass is 35.5. The Bertz CT molecular complexity index is 741. The number of nitrogens with one attached hydrogen (secondary N) is 2. The van der Waals surface area contributed by atoms with Gasteiger partial charge in [-0.15, -0.1) is 0 Å². The monoisotopic (exact) mass is 350 g/mol. The summed E-state index contributed by atoms with van der Waals surface area (Å²) in [6.07, 6.45) is -0.603. The van der Waals surface area contributed by atoms with E-state index >= 15 is 0 Å². The van der Waals surface area contributed by atoms with Gasteiger partial charge in [-0.1, -0.05) is 11.6 Å². The van der Waals surface area contributed by atoms with Gasteiger partial charge in [-0.3, -0.25) is 10.2 Å². The van der Waals surface area contributed by atoms with Gasteiger partial charge >= 0.3 is 6.09 Å². The van der Waals surface area contributed by atoms with Gasteiger partial charge in [0.25, 0.3) is 0 Å². The largest absolute Gasteiger partial charge is 0.449 e. The Morgan fingerprint density at radius 1 is 1.21 bits per heavy atom. The van der Waals surface area contributed by atoms with E-state index in [4.69, 9.17) is 11.6 Å². The summed E-state index contributed by atoms with van der Waals surface area (Å²) in [6, 6.07) is 7.27. The van der Waals surface area contributed by atoms with Gasteiger partial charge in [-0.2, -0.15) is 5.10 Å². The smallest absolute Gasteiger partial charge is 0.426 e. The molecule has 0 radical (unpaired) electrons. The van der Waals surface area contributed by atoms with Crippen LogP contribution in [0.2, 0.25) is 5.02 Å². The Morgan fingerprint density at radius 2 is 1.88 bits per heavy atom. The number of hydrogen-bond acceptors (Lipinski definition) is 4. The lowest BCUT2D eigenvalue weighted by Crippen LogP contribution is -2.42. The molecule has 0 unspecified atom stereocenters. The molecule has 0 aliphatic rings. The first-order valence-electron chi connectivity index (χ1n) is 7.45. The summed E-state index contributed by atoms with van der Waals surface area (Å²) in [5.41, 5.74) is 7.74. The number of amides is 2. The van der Waals surface area contributed by atoms with Crippen LogP contribution in [0.3, 0.4) is 0 Å². The van der Waals surface area contributed by atoms with Gasteiger partial charge in [-0.25, -0.2) is 14.9 Å². The van der Waals surface area contributed by atoms with Crippen LogP contribution in [0, 0.1) is 13.8 Å². The Morgan fingerprint density at radius 3 is 2.50 bits per heavy atom. The maximum atomic E-state index is 12.0. The molecule has 0 atom stereocenters. The zero-order chi connectivity index (χ0) is 17.7. The van der Waals surface area contributed by atoms with E-state index in [0.717, 1.165) is 22.6 Å². The van der Waals surface area contributed by atoms with Gasteiger partial charge in [0.15, 0.2) is 0 Å². The minimum Gasteiger partial charge on any atom is -0.449 e. The summed E-state index contributed by atoms with van der Waals surface area (Å²) >= 11 is 5.90. The number of hydrogen-bond donors (Lipinski definition) is 2. The van der Waals surface area contributed by atoms with Gasteiger partial charge in [0, 0.05) is 16.3 Å². The van der Waals surface area contributed by atoms with Gasteiger partial charge in [-0.05, 0) is 45.0 Å². The fourth-order valence-electron chi connectivity index (χ4n) is 2.26. The number of rotatable bonds is 4. The number of carbonyl (C=O) groups is 2.